The van der Waals surface area contributed by atoms with E-state index in [1.54, 1.807) is 0 Å². The van der Waals surface area contributed by atoms with E-state index in [9.17, 15) is 9.18 Å². The van der Waals surface area contributed by atoms with Gasteiger partial charge >= 0.3 is 5.69 Å². The predicted molar refractivity (Wildman–Crippen MR) is 148 cm³/mol. The van der Waals surface area contributed by atoms with Crippen molar-refractivity contribution in [3.05, 3.63) is 40.4 Å². The summed E-state index contributed by atoms with van der Waals surface area (Å²) in [5.41, 5.74) is -0.500. The molecule has 2 N–H and O–H groups in total. The van der Waals surface area contributed by atoms with E-state index in [2.05, 4.69) is 49.8 Å². The number of nitrogens with one attached hydrogen (secondary N) is 2. The maximum Gasteiger partial charge on any atom is 0.368 e. The lowest BCUT2D eigenvalue weighted by molar-refractivity contribution is -0.101. The van der Waals surface area contributed by atoms with E-state index in [0.717, 1.165) is 53.9 Å². The molecule has 42 heavy (non-hydrogen) atoms. The molecule has 3 aromatic rings. The van der Waals surface area contributed by atoms with Gasteiger partial charge in [0.1, 0.15) is 24.1 Å². The van der Waals surface area contributed by atoms with E-state index in [1.807, 2.05) is 0 Å². The summed E-state index contributed by atoms with van der Waals surface area (Å²) < 4.78 is 49.1. The zero-order valence-corrected chi connectivity index (χ0v) is 23.8. The quantitative estimate of drug-likeness (QED) is 0.403. The van der Waals surface area contributed by atoms with Gasteiger partial charge in [-0.3, -0.25) is 4.90 Å². The molecule has 3 unspecified atom stereocenters. The highest BCUT2D eigenvalue weighted by atomic mass is 19.1. The average molecular weight is 588 g/mol. The first-order valence-electron chi connectivity index (χ1n) is 14.2. The minimum atomic E-state index is -0.704. The molecule has 15 heteroatoms. The molecular weight excluding hydrogens is 552 g/mol. The Labute approximate surface area is 241 Å². The maximum absolute atomic E-state index is 15.4. The normalized spacial score (nSPS) is 23.9. The van der Waals surface area contributed by atoms with Crippen LogP contribution in [0.3, 0.4) is 0 Å². The van der Waals surface area contributed by atoms with Crippen LogP contribution >= 0.6 is 0 Å². The largest absolute Gasteiger partial charge is 0.488 e. The standard InChI is InChI=1S/C27H35F2N9O4/c1-27(2)12-16(9-17-5-4-6-37(17)27)31-24-20(29)13-30-25(33-24)32-21-11-22(38-26(39)36(3)34-35-38)23(10-19(21)28)42-15-18-14-40-7-8-41-18/h10-11,13,16-18H,4-9,12,14-15H2,1-3H3,(H2,30,31,32,33). The molecule has 0 radical (unpaired) electrons. The van der Waals surface area contributed by atoms with Gasteiger partial charge in [-0.15, -0.1) is 0 Å². The first-order chi connectivity index (χ1) is 20.2. The molecule has 0 amide bonds. The number of aromatic nitrogens is 6. The monoisotopic (exact) mass is 587 g/mol. The smallest absolute Gasteiger partial charge is 0.368 e. The number of tetrazole rings is 1. The van der Waals surface area contributed by atoms with E-state index in [1.165, 1.54) is 13.1 Å². The third-order valence-corrected chi connectivity index (χ3v) is 8.10. The van der Waals surface area contributed by atoms with Gasteiger partial charge in [-0.25, -0.2) is 18.6 Å². The molecule has 13 nitrogen and oxygen atoms in total. The molecule has 3 saturated heterocycles. The Morgan fingerprint density at radius 1 is 1.19 bits per heavy atom. The number of nitrogens with zero attached hydrogens (tertiary/aromatic N) is 7. The van der Waals surface area contributed by atoms with Crippen LogP contribution in [-0.2, 0) is 16.5 Å². The number of halogens is 2. The van der Waals surface area contributed by atoms with Gasteiger partial charge in [-0.1, -0.05) is 0 Å². The van der Waals surface area contributed by atoms with Gasteiger partial charge in [-0.05, 0) is 62.6 Å². The number of anilines is 3. The Kier molecular flexibility index (Phi) is 7.81. The number of hydrogen-bond donors (Lipinski definition) is 2. The van der Waals surface area contributed by atoms with Crippen LogP contribution < -0.4 is 21.1 Å². The van der Waals surface area contributed by atoms with E-state index in [4.69, 9.17) is 14.2 Å². The molecule has 1 aromatic carbocycles. The van der Waals surface area contributed by atoms with Crippen molar-refractivity contribution >= 4 is 17.5 Å². The van der Waals surface area contributed by atoms with Gasteiger partial charge in [0.25, 0.3) is 0 Å². The summed E-state index contributed by atoms with van der Waals surface area (Å²) >= 11 is 0. The second-order valence-corrected chi connectivity index (χ2v) is 11.6. The van der Waals surface area contributed by atoms with Crippen molar-refractivity contribution in [3.63, 3.8) is 0 Å². The Bertz CT molecular complexity index is 1490. The predicted octanol–water partition coefficient (Wildman–Crippen LogP) is 2.39. The number of hydrogen-bond acceptors (Lipinski definition) is 11. The first-order valence-corrected chi connectivity index (χ1v) is 14.2. The topological polar surface area (TPSA) is 133 Å². The van der Waals surface area contributed by atoms with Gasteiger partial charge < -0.3 is 24.8 Å². The van der Waals surface area contributed by atoms with Crippen molar-refractivity contribution in [2.45, 2.75) is 63.3 Å². The van der Waals surface area contributed by atoms with Crippen molar-refractivity contribution in [3.8, 4) is 11.4 Å². The minimum absolute atomic E-state index is 0.0143. The maximum atomic E-state index is 15.4. The highest BCUT2D eigenvalue weighted by Gasteiger charge is 2.43. The van der Waals surface area contributed by atoms with Crippen LogP contribution in [0.5, 0.6) is 5.75 Å². The van der Waals surface area contributed by atoms with Crippen molar-refractivity contribution in [1.82, 2.24) is 34.7 Å². The molecule has 226 valence electrons. The number of benzene rings is 1. The molecule has 0 aliphatic carbocycles. The molecule has 5 heterocycles. The fraction of sp³-hybridized carbons (Fsp3) is 0.593. The Balaban J connectivity index is 1.24. The molecule has 0 bridgehead atoms. The zero-order valence-electron chi connectivity index (χ0n) is 23.8. The molecule has 3 atom stereocenters. The van der Waals surface area contributed by atoms with Gasteiger partial charge in [0.15, 0.2) is 17.5 Å². The van der Waals surface area contributed by atoms with E-state index in [-0.39, 0.29) is 53.2 Å². The van der Waals surface area contributed by atoms with Crippen LogP contribution in [0.25, 0.3) is 5.69 Å². The molecule has 6 rings (SSSR count). The van der Waals surface area contributed by atoms with Gasteiger partial charge in [0.2, 0.25) is 5.95 Å². The molecule has 3 aliphatic rings. The minimum Gasteiger partial charge on any atom is -0.488 e. The summed E-state index contributed by atoms with van der Waals surface area (Å²) in [4.78, 5) is 23.6. The SMILES string of the molecule is Cn1nnn(-c2cc(Nc3ncc(F)c(NC4CC5CCCN5C(C)(C)C4)n3)c(F)cc2OCC2COCCO2)c1=O. The second-order valence-electron chi connectivity index (χ2n) is 11.6. The van der Waals surface area contributed by atoms with Crippen LogP contribution in [0, 0.1) is 11.6 Å². The lowest BCUT2D eigenvalue weighted by Gasteiger charge is -2.47. The fourth-order valence-corrected chi connectivity index (χ4v) is 6.16. The third-order valence-electron chi connectivity index (χ3n) is 8.10. The summed E-state index contributed by atoms with van der Waals surface area (Å²) in [6.07, 6.45) is 4.70. The molecule has 2 aromatic heterocycles. The van der Waals surface area contributed by atoms with Crippen molar-refractivity contribution in [2.75, 3.05) is 43.6 Å². The first kappa shape index (κ1) is 28.4. The number of aryl methyl sites for hydroxylation is 1. The van der Waals surface area contributed by atoms with Crippen LogP contribution in [0.4, 0.5) is 26.2 Å². The van der Waals surface area contributed by atoms with Crippen molar-refractivity contribution in [1.29, 1.82) is 0 Å². The number of fused-ring (bicyclic) bond motifs is 1. The number of rotatable bonds is 8. The van der Waals surface area contributed by atoms with Crippen molar-refractivity contribution < 1.29 is 23.0 Å². The zero-order chi connectivity index (χ0) is 29.4. The average Bonchev–Trinajstić information content (AvgIpc) is 3.58. The van der Waals surface area contributed by atoms with Gasteiger partial charge in [0.05, 0.1) is 31.7 Å². The van der Waals surface area contributed by atoms with Gasteiger partial charge in [-0.2, -0.15) is 14.3 Å². The Hall–Kier alpha value is -3.69. The highest BCUT2D eigenvalue weighted by Crippen LogP contribution is 2.39. The molecule has 0 spiro atoms. The van der Waals surface area contributed by atoms with Crippen LogP contribution in [0.1, 0.15) is 39.5 Å². The van der Waals surface area contributed by atoms with Gasteiger partial charge in [0, 0.05) is 30.7 Å². The van der Waals surface area contributed by atoms with E-state index < -0.39 is 17.3 Å². The van der Waals surface area contributed by atoms with Crippen molar-refractivity contribution in [2.24, 2.45) is 7.05 Å². The fourth-order valence-electron chi connectivity index (χ4n) is 6.16. The van der Waals surface area contributed by atoms with E-state index >= 15 is 4.39 Å². The Morgan fingerprint density at radius 3 is 2.81 bits per heavy atom. The van der Waals surface area contributed by atoms with Crippen LogP contribution in [0.2, 0.25) is 0 Å². The summed E-state index contributed by atoms with van der Waals surface area (Å²) in [5, 5.41) is 13.7. The molecule has 3 aliphatic heterocycles. The summed E-state index contributed by atoms with van der Waals surface area (Å²) in [6, 6.07) is 2.95. The Morgan fingerprint density at radius 2 is 2.05 bits per heavy atom. The summed E-state index contributed by atoms with van der Waals surface area (Å²) in [6.45, 7) is 6.84. The van der Waals surface area contributed by atoms with E-state index in [0.29, 0.717) is 25.9 Å². The number of ether oxygens (including phenoxy) is 3. The molecule has 0 saturated carbocycles. The molecular formula is C27H35F2N9O4. The molecule has 3 fully saturated rings. The third kappa shape index (κ3) is 5.80. The lowest BCUT2D eigenvalue weighted by Crippen LogP contribution is -2.55. The van der Waals surface area contributed by atoms with Crippen LogP contribution in [-0.4, -0.2) is 91.4 Å². The lowest BCUT2D eigenvalue weighted by atomic mass is 9.84. The summed E-state index contributed by atoms with van der Waals surface area (Å²) in [5.74, 6) is -1.23. The second kappa shape index (κ2) is 11.5. The van der Waals surface area contributed by atoms with Crippen LogP contribution in [0.15, 0.2) is 23.1 Å². The number of piperidine rings is 1. The highest BCUT2D eigenvalue weighted by molar-refractivity contribution is 5.63. The summed E-state index contributed by atoms with van der Waals surface area (Å²) in [7, 11) is 1.45.